The Morgan fingerprint density at radius 1 is 1.25 bits per heavy atom. The third-order valence-corrected chi connectivity index (χ3v) is 6.90. The van der Waals surface area contributed by atoms with Crippen LogP contribution >= 0.6 is 0 Å². The average Bonchev–Trinajstić information content (AvgIpc) is 2.97. The summed E-state index contributed by atoms with van der Waals surface area (Å²) in [5.74, 6) is 1.20. The monoisotopic (exact) mass is 408 g/mol. The highest BCUT2D eigenvalue weighted by molar-refractivity contribution is 7.89. The average molecular weight is 409 g/mol. The van der Waals surface area contributed by atoms with Crippen LogP contribution in [0.5, 0.6) is 5.75 Å². The number of hydrogen-bond acceptors (Lipinski definition) is 5. The van der Waals surface area contributed by atoms with Crippen molar-refractivity contribution >= 4 is 10.0 Å². The third-order valence-electron chi connectivity index (χ3n) is 5.02. The van der Waals surface area contributed by atoms with Gasteiger partial charge in [-0.15, -0.1) is 0 Å². The van der Waals surface area contributed by atoms with Crippen molar-refractivity contribution < 1.29 is 13.2 Å². The van der Waals surface area contributed by atoms with E-state index in [1.54, 1.807) is 35.9 Å². The topological polar surface area (TPSA) is 86.4 Å². The summed E-state index contributed by atoms with van der Waals surface area (Å²) in [6.07, 6.45) is 1.53. The number of piperidine rings is 1. The maximum Gasteiger partial charge on any atom is 0.345 e. The Kier molecular flexibility index (Phi) is 5.95. The molecule has 154 valence electrons. The summed E-state index contributed by atoms with van der Waals surface area (Å²) in [5, 5.41) is 4.41. The van der Waals surface area contributed by atoms with E-state index in [4.69, 9.17) is 4.74 Å². The number of rotatable bonds is 6. The summed E-state index contributed by atoms with van der Waals surface area (Å²) < 4.78 is 36.1. The van der Waals surface area contributed by atoms with Crippen molar-refractivity contribution in [1.82, 2.24) is 18.7 Å². The molecule has 28 heavy (non-hydrogen) atoms. The predicted octanol–water partition coefficient (Wildman–Crippen LogP) is 2.13. The molecule has 1 aromatic heterocycles. The standard InChI is InChI=1S/C19H28N4O4S/c1-5-27-16-8-10-17(11-9-16)28(25,26)22-12-6-7-15(13-22)18-20-21(4)19(24)23(18)14(2)3/h8-11,14-15H,5-7,12-13H2,1-4H3. The van der Waals surface area contributed by atoms with Crippen LogP contribution in [0.1, 0.15) is 51.4 Å². The van der Waals surface area contributed by atoms with Crippen molar-refractivity contribution in [2.24, 2.45) is 7.05 Å². The van der Waals surface area contributed by atoms with E-state index < -0.39 is 10.0 Å². The molecule has 0 N–H and O–H groups in total. The number of hydrogen-bond donors (Lipinski definition) is 0. The molecule has 3 rings (SSSR count). The molecule has 0 radical (unpaired) electrons. The summed E-state index contributed by atoms with van der Waals surface area (Å²) in [7, 11) is -1.99. The fraction of sp³-hybridized carbons (Fsp3) is 0.579. The molecule has 0 bridgehead atoms. The summed E-state index contributed by atoms with van der Waals surface area (Å²) in [4.78, 5) is 12.6. The van der Waals surface area contributed by atoms with E-state index in [0.717, 1.165) is 12.8 Å². The zero-order chi connectivity index (χ0) is 20.5. The molecule has 0 aliphatic carbocycles. The summed E-state index contributed by atoms with van der Waals surface area (Å²) in [5.41, 5.74) is -0.170. The Balaban J connectivity index is 1.87. The van der Waals surface area contributed by atoms with Crippen molar-refractivity contribution in [3.05, 3.63) is 40.6 Å². The SMILES string of the molecule is CCOc1ccc(S(=O)(=O)N2CCCC(c3nn(C)c(=O)n3C(C)C)C2)cc1. The first-order chi connectivity index (χ1) is 13.3. The van der Waals surface area contributed by atoms with E-state index in [1.165, 1.54) is 8.99 Å². The molecule has 0 amide bonds. The lowest BCUT2D eigenvalue weighted by atomic mass is 9.98. The van der Waals surface area contributed by atoms with E-state index in [0.29, 0.717) is 31.3 Å². The number of nitrogens with zero attached hydrogens (tertiary/aromatic N) is 4. The van der Waals surface area contributed by atoms with Gasteiger partial charge in [-0.2, -0.15) is 9.40 Å². The molecule has 1 aliphatic heterocycles. The van der Waals surface area contributed by atoms with Crippen LogP contribution in [0.15, 0.2) is 34.0 Å². The molecule has 0 saturated carbocycles. The lowest BCUT2D eigenvalue weighted by molar-refractivity contribution is 0.301. The summed E-state index contributed by atoms with van der Waals surface area (Å²) >= 11 is 0. The van der Waals surface area contributed by atoms with Crippen LogP contribution in [0.4, 0.5) is 0 Å². The van der Waals surface area contributed by atoms with Crippen molar-refractivity contribution in [3.8, 4) is 5.75 Å². The van der Waals surface area contributed by atoms with Gasteiger partial charge in [-0.25, -0.2) is 17.9 Å². The Labute approximate surface area is 165 Å². The Bertz CT molecular complexity index is 976. The van der Waals surface area contributed by atoms with Crippen LogP contribution in [0.3, 0.4) is 0 Å². The van der Waals surface area contributed by atoms with E-state index >= 15 is 0 Å². The van der Waals surface area contributed by atoms with Gasteiger partial charge < -0.3 is 4.74 Å². The second-order valence-corrected chi connectivity index (χ2v) is 9.27. The van der Waals surface area contributed by atoms with E-state index in [9.17, 15) is 13.2 Å². The zero-order valence-electron chi connectivity index (χ0n) is 16.8. The maximum atomic E-state index is 13.1. The molecule has 2 heterocycles. The van der Waals surface area contributed by atoms with Crippen molar-refractivity contribution in [2.45, 2.75) is 50.5 Å². The van der Waals surface area contributed by atoms with Crippen LogP contribution in [-0.4, -0.2) is 46.8 Å². The highest BCUT2D eigenvalue weighted by Gasteiger charge is 2.34. The van der Waals surface area contributed by atoms with Crippen LogP contribution in [-0.2, 0) is 17.1 Å². The fourth-order valence-corrected chi connectivity index (χ4v) is 5.18. The van der Waals surface area contributed by atoms with Crippen LogP contribution < -0.4 is 10.4 Å². The Morgan fingerprint density at radius 3 is 2.54 bits per heavy atom. The van der Waals surface area contributed by atoms with Gasteiger partial charge in [-0.05, 0) is 57.9 Å². The maximum absolute atomic E-state index is 13.1. The van der Waals surface area contributed by atoms with E-state index in [1.807, 2.05) is 20.8 Å². The summed E-state index contributed by atoms with van der Waals surface area (Å²) in [6, 6.07) is 6.47. The van der Waals surface area contributed by atoms with Gasteiger partial charge >= 0.3 is 5.69 Å². The minimum Gasteiger partial charge on any atom is -0.494 e. The van der Waals surface area contributed by atoms with Crippen LogP contribution in [0.2, 0.25) is 0 Å². The van der Waals surface area contributed by atoms with E-state index in [-0.39, 0.29) is 22.5 Å². The first-order valence-electron chi connectivity index (χ1n) is 9.64. The van der Waals surface area contributed by atoms with Gasteiger partial charge in [-0.1, -0.05) is 0 Å². The molecular weight excluding hydrogens is 380 g/mol. The molecule has 0 spiro atoms. The Morgan fingerprint density at radius 2 is 1.93 bits per heavy atom. The van der Waals surface area contributed by atoms with Gasteiger partial charge in [0.15, 0.2) is 0 Å². The zero-order valence-corrected chi connectivity index (χ0v) is 17.6. The van der Waals surface area contributed by atoms with Crippen molar-refractivity contribution in [1.29, 1.82) is 0 Å². The van der Waals surface area contributed by atoms with Gasteiger partial charge in [-0.3, -0.25) is 4.57 Å². The lowest BCUT2D eigenvalue weighted by Crippen LogP contribution is -2.40. The van der Waals surface area contributed by atoms with Crippen molar-refractivity contribution in [2.75, 3.05) is 19.7 Å². The van der Waals surface area contributed by atoms with Crippen molar-refractivity contribution in [3.63, 3.8) is 0 Å². The molecule has 2 aromatic rings. The largest absolute Gasteiger partial charge is 0.494 e. The van der Waals surface area contributed by atoms with Crippen LogP contribution in [0.25, 0.3) is 0 Å². The highest BCUT2D eigenvalue weighted by Crippen LogP contribution is 2.30. The van der Waals surface area contributed by atoms with Gasteiger partial charge in [0.25, 0.3) is 0 Å². The number of benzene rings is 1. The molecule has 1 saturated heterocycles. The number of aryl methyl sites for hydroxylation is 1. The normalized spacial score (nSPS) is 18.5. The molecule has 1 unspecified atom stereocenters. The van der Waals surface area contributed by atoms with E-state index in [2.05, 4.69) is 5.10 Å². The molecule has 1 aliphatic rings. The van der Waals surface area contributed by atoms with Crippen LogP contribution in [0, 0.1) is 0 Å². The third kappa shape index (κ3) is 3.86. The molecule has 8 nitrogen and oxygen atoms in total. The molecule has 1 atom stereocenters. The minimum atomic E-state index is -3.62. The number of aromatic nitrogens is 3. The minimum absolute atomic E-state index is 0.0331. The second-order valence-electron chi connectivity index (χ2n) is 7.33. The molecule has 1 fully saturated rings. The number of sulfonamides is 1. The molecule has 9 heteroatoms. The van der Waals surface area contributed by atoms with Gasteiger partial charge in [0, 0.05) is 32.1 Å². The first-order valence-corrected chi connectivity index (χ1v) is 11.1. The van der Waals surface area contributed by atoms with Gasteiger partial charge in [0.2, 0.25) is 10.0 Å². The second kappa shape index (κ2) is 8.08. The summed E-state index contributed by atoms with van der Waals surface area (Å²) in [6.45, 7) is 7.06. The van der Waals surface area contributed by atoms with Gasteiger partial charge in [0.05, 0.1) is 11.5 Å². The number of ether oxygens (including phenoxy) is 1. The molecule has 1 aromatic carbocycles. The molecular formula is C19H28N4O4S. The first kappa shape index (κ1) is 20.6. The fourth-order valence-electron chi connectivity index (χ4n) is 3.66. The highest BCUT2D eigenvalue weighted by atomic mass is 32.2. The quantitative estimate of drug-likeness (QED) is 0.731. The lowest BCUT2D eigenvalue weighted by Gasteiger charge is -2.31. The van der Waals surface area contributed by atoms with Gasteiger partial charge in [0.1, 0.15) is 11.6 Å². The Hall–Kier alpha value is -2.13. The predicted molar refractivity (Wildman–Crippen MR) is 106 cm³/mol. The smallest absolute Gasteiger partial charge is 0.345 e.